The summed E-state index contributed by atoms with van der Waals surface area (Å²) in [4.78, 5) is 16.0. The molecule has 2 N–H and O–H groups in total. The van der Waals surface area contributed by atoms with E-state index in [1.807, 2.05) is 56.6 Å². The van der Waals surface area contributed by atoms with E-state index in [2.05, 4.69) is 15.4 Å². The number of pyridine rings is 1. The molecule has 0 radical (unpaired) electrons. The number of nitrogens with one attached hydrogen (secondary N) is 1. The molecule has 9 nitrogen and oxygen atoms in total. The summed E-state index contributed by atoms with van der Waals surface area (Å²) in [5, 5.41) is 17.0. The normalized spacial score (nSPS) is 13.1. The lowest BCUT2D eigenvalue weighted by atomic mass is 9.91. The first kappa shape index (κ1) is 21.5. The Kier molecular flexibility index (Phi) is 6.44. The van der Waals surface area contributed by atoms with Crippen LogP contribution in [0.3, 0.4) is 0 Å². The van der Waals surface area contributed by atoms with Crippen molar-refractivity contribution in [2.45, 2.75) is 25.2 Å². The maximum atomic E-state index is 11.5. The molecule has 3 heterocycles. The summed E-state index contributed by atoms with van der Waals surface area (Å²) in [6.45, 7) is 0.637. The van der Waals surface area contributed by atoms with Crippen LogP contribution in [0.1, 0.15) is 29.3 Å². The lowest BCUT2D eigenvalue weighted by Gasteiger charge is -2.14. The Morgan fingerprint density at radius 1 is 1.22 bits per heavy atom. The van der Waals surface area contributed by atoms with Crippen molar-refractivity contribution in [2.24, 2.45) is 7.05 Å². The molecule has 1 aliphatic rings. The predicted molar refractivity (Wildman–Crippen MR) is 117 cm³/mol. The SMILES string of the molecule is CNc1cccc(CCOc2cc(CC(CC(=O)O)c3ccc4c(c3)OCO4)nn2C)n1. The molecule has 0 fully saturated rings. The molecule has 3 aromatic rings. The third-order valence-electron chi connectivity index (χ3n) is 5.30. The first-order valence-electron chi connectivity index (χ1n) is 10.4. The van der Waals surface area contributed by atoms with Gasteiger partial charge < -0.3 is 24.6 Å². The monoisotopic (exact) mass is 438 g/mol. The lowest BCUT2D eigenvalue weighted by Crippen LogP contribution is -2.10. The number of hydrogen-bond donors (Lipinski definition) is 2. The summed E-state index contributed by atoms with van der Waals surface area (Å²) in [6.07, 6.45) is 1.11. The highest BCUT2D eigenvalue weighted by atomic mass is 16.7. The predicted octanol–water partition coefficient (Wildman–Crippen LogP) is 3.01. The van der Waals surface area contributed by atoms with Gasteiger partial charge in [-0.3, -0.25) is 4.79 Å². The second-order valence-electron chi connectivity index (χ2n) is 7.57. The fourth-order valence-electron chi connectivity index (χ4n) is 3.70. The molecule has 1 atom stereocenters. The minimum atomic E-state index is -0.864. The maximum Gasteiger partial charge on any atom is 0.303 e. The van der Waals surface area contributed by atoms with Gasteiger partial charge in [0.15, 0.2) is 11.5 Å². The zero-order valence-corrected chi connectivity index (χ0v) is 18.1. The molecule has 168 valence electrons. The fraction of sp³-hybridized carbons (Fsp3) is 0.348. The van der Waals surface area contributed by atoms with Crippen LogP contribution in [0.4, 0.5) is 5.82 Å². The van der Waals surface area contributed by atoms with E-state index in [0.29, 0.717) is 36.8 Å². The van der Waals surface area contributed by atoms with Crippen molar-refractivity contribution in [2.75, 3.05) is 25.8 Å². The lowest BCUT2D eigenvalue weighted by molar-refractivity contribution is -0.137. The maximum absolute atomic E-state index is 11.5. The van der Waals surface area contributed by atoms with Gasteiger partial charge in [-0.05, 0) is 36.2 Å². The van der Waals surface area contributed by atoms with Gasteiger partial charge in [0.2, 0.25) is 12.7 Å². The first-order valence-corrected chi connectivity index (χ1v) is 10.4. The molecule has 0 saturated carbocycles. The van der Waals surface area contributed by atoms with Gasteiger partial charge in [0.05, 0.1) is 18.7 Å². The number of hydrogen-bond acceptors (Lipinski definition) is 7. The number of rotatable bonds is 10. The van der Waals surface area contributed by atoms with Crippen molar-refractivity contribution in [1.82, 2.24) is 14.8 Å². The fourth-order valence-corrected chi connectivity index (χ4v) is 3.70. The number of anilines is 1. The van der Waals surface area contributed by atoms with Gasteiger partial charge in [0.1, 0.15) is 5.82 Å². The number of nitrogens with zero attached hydrogens (tertiary/aromatic N) is 3. The molecule has 2 aromatic heterocycles. The van der Waals surface area contributed by atoms with Crippen molar-refractivity contribution in [3.05, 3.63) is 59.4 Å². The highest BCUT2D eigenvalue weighted by molar-refractivity contribution is 5.68. The summed E-state index contributed by atoms with van der Waals surface area (Å²) in [6, 6.07) is 13.2. The minimum Gasteiger partial charge on any atom is -0.481 e. The summed E-state index contributed by atoms with van der Waals surface area (Å²) < 4.78 is 18.4. The quantitative estimate of drug-likeness (QED) is 0.497. The van der Waals surface area contributed by atoms with E-state index in [4.69, 9.17) is 14.2 Å². The molecule has 4 rings (SSSR count). The van der Waals surface area contributed by atoms with E-state index in [0.717, 1.165) is 22.8 Å². The van der Waals surface area contributed by atoms with E-state index in [9.17, 15) is 9.90 Å². The number of carboxylic acids is 1. The number of ether oxygens (including phenoxy) is 3. The zero-order chi connectivity index (χ0) is 22.5. The van der Waals surface area contributed by atoms with Crippen LogP contribution in [0.15, 0.2) is 42.5 Å². The Bertz CT molecular complexity index is 1100. The highest BCUT2D eigenvalue weighted by Gasteiger charge is 2.22. The second kappa shape index (κ2) is 9.59. The van der Waals surface area contributed by atoms with Gasteiger partial charge in [0.25, 0.3) is 0 Å². The van der Waals surface area contributed by atoms with Crippen LogP contribution in [-0.4, -0.2) is 46.3 Å². The molecule has 1 aliphatic heterocycles. The van der Waals surface area contributed by atoms with E-state index in [-0.39, 0.29) is 19.1 Å². The third kappa shape index (κ3) is 5.11. The van der Waals surface area contributed by atoms with Gasteiger partial charge >= 0.3 is 5.97 Å². The van der Waals surface area contributed by atoms with E-state index < -0.39 is 5.97 Å². The number of carboxylic acid groups (broad SMARTS) is 1. The molecule has 0 spiro atoms. The Balaban J connectivity index is 1.42. The van der Waals surface area contributed by atoms with Crippen LogP contribution in [0.25, 0.3) is 0 Å². The van der Waals surface area contributed by atoms with Crippen molar-refractivity contribution >= 4 is 11.8 Å². The number of fused-ring (bicyclic) bond motifs is 1. The molecule has 32 heavy (non-hydrogen) atoms. The molecular formula is C23H26N4O5. The molecular weight excluding hydrogens is 412 g/mol. The van der Waals surface area contributed by atoms with Gasteiger partial charge in [-0.1, -0.05) is 12.1 Å². The van der Waals surface area contributed by atoms with Crippen molar-refractivity contribution < 1.29 is 24.1 Å². The number of aromatic nitrogens is 3. The van der Waals surface area contributed by atoms with Crippen LogP contribution in [0.2, 0.25) is 0 Å². The van der Waals surface area contributed by atoms with Crippen molar-refractivity contribution in [3.63, 3.8) is 0 Å². The summed E-state index contributed by atoms with van der Waals surface area (Å²) in [5.41, 5.74) is 2.57. The van der Waals surface area contributed by atoms with E-state index in [1.165, 1.54) is 0 Å². The topological polar surface area (TPSA) is 108 Å². The number of carbonyl (C=O) groups is 1. The second-order valence-corrected chi connectivity index (χ2v) is 7.57. The Morgan fingerprint density at radius 2 is 2.06 bits per heavy atom. The Morgan fingerprint density at radius 3 is 2.88 bits per heavy atom. The van der Waals surface area contributed by atoms with Crippen LogP contribution in [0, 0.1) is 0 Å². The molecule has 0 aliphatic carbocycles. The van der Waals surface area contributed by atoms with Crippen molar-refractivity contribution in [1.29, 1.82) is 0 Å². The molecule has 0 saturated heterocycles. The largest absolute Gasteiger partial charge is 0.481 e. The zero-order valence-electron chi connectivity index (χ0n) is 18.1. The number of aliphatic carboxylic acids is 1. The summed E-state index contributed by atoms with van der Waals surface area (Å²) >= 11 is 0. The third-order valence-corrected chi connectivity index (χ3v) is 5.30. The summed E-state index contributed by atoms with van der Waals surface area (Å²) in [5.74, 6) is 1.64. The minimum absolute atomic E-state index is 0.0140. The number of aryl methyl sites for hydroxylation is 1. The highest BCUT2D eigenvalue weighted by Crippen LogP contribution is 2.36. The van der Waals surface area contributed by atoms with Crippen LogP contribution < -0.4 is 19.5 Å². The first-order chi connectivity index (χ1) is 15.5. The van der Waals surface area contributed by atoms with Crippen LogP contribution in [0.5, 0.6) is 17.4 Å². The van der Waals surface area contributed by atoms with E-state index in [1.54, 1.807) is 4.68 Å². The average Bonchev–Trinajstić information content (AvgIpc) is 3.39. The molecule has 9 heteroatoms. The molecule has 1 unspecified atom stereocenters. The molecule has 1 aromatic carbocycles. The van der Waals surface area contributed by atoms with Crippen molar-refractivity contribution in [3.8, 4) is 17.4 Å². The van der Waals surface area contributed by atoms with Gasteiger partial charge in [0, 0.05) is 38.2 Å². The molecule has 0 bridgehead atoms. The standard InChI is InChI=1S/C23H26N4O5/c1-24-21-5-3-4-17(25-21)8-9-30-22-13-18(26-27(22)2)10-16(12-23(28)29)15-6-7-19-20(11-15)32-14-31-19/h3-7,11,13,16H,8-10,12,14H2,1-2H3,(H,24,25)(H,28,29). The average molecular weight is 438 g/mol. The van der Waals surface area contributed by atoms with Gasteiger partial charge in [-0.15, -0.1) is 0 Å². The smallest absolute Gasteiger partial charge is 0.303 e. The van der Waals surface area contributed by atoms with Gasteiger partial charge in [-0.2, -0.15) is 5.10 Å². The van der Waals surface area contributed by atoms with Crippen LogP contribution in [-0.2, 0) is 24.7 Å². The van der Waals surface area contributed by atoms with Gasteiger partial charge in [-0.25, -0.2) is 9.67 Å². The molecule has 0 amide bonds. The van der Waals surface area contributed by atoms with E-state index >= 15 is 0 Å². The number of benzene rings is 1. The Hall–Kier alpha value is -3.75. The Labute approximate surface area is 185 Å². The summed E-state index contributed by atoms with van der Waals surface area (Å²) in [7, 11) is 3.65. The van der Waals surface area contributed by atoms with Crippen LogP contribution >= 0.6 is 0 Å².